The fourth-order valence-corrected chi connectivity index (χ4v) is 2.79. The Labute approximate surface area is 116 Å². The van der Waals surface area contributed by atoms with Crippen LogP contribution < -0.4 is 5.32 Å². The summed E-state index contributed by atoms with van der Waals surface area (Å²) in [6.07, 6.45) is 4.88. The Morgan fingerprint density at radius 3 is 2.94 bits per heavy atom. The maximum atomic E-state index is 13.1. The van der Waals surface area contributed by atoms with Gasteiger partial charge in [0.2, 0.25) is 0 Å². The van der Waals surface area contributed by atoms with Crippen LogP contribution in [0.2, 0.25) is 0 Å². The molecule has 1 aromatic carbocycles. The van der Waals surface area contributed by atoms with E-state index in [4.69, 9.17) is 4.74 Å². The number of piperidine rings is 1. The van der Waals surface area contributed by atoms with Crippen LogP contribution in [-0.2, 0) is 11.3 Å². The monoisotopic (exact) mass is 315 g/mol. The summed E-state index contributed by atoms with van der Waals surface area (Å²) in [6.45, 7) is 2.33. The summed E-state index contributed by atoms with van der Waals surface area (Å²) >= 11 is 3.28. The van der Waals surface area contributed by atoms with Crippen LogP contribution >= 0.6 is 15.9 Å². The highest BCUT2D eigenvalue weighted by Crippen LogP contribution is 2.16. The quantitative estimate of drug-likeness (QED) is 0.838. The van der Waals surface area contributed by atoms with Crippen LogP contribution in [0.1, 0.15) is 31.2 Å². The zero-order chi connectivity index (χ0) is 12.8. The highest BCUT2D eigenvalue weighted by molar-refractivity contribution is 9.10. The SMILES string of the molecule is Fc1cc(Br)cc(COCCC2CCCCN2)c1. The molecule has 0 saturated carbocycles. The van der Waals surface area contributed by atoms with Crippen molar-refractivity contribution in [2.24, 2.45) is 0 Å². The van der Waals surface area contributed by atoms with E-state index in [1.165, 1.54) is 31.4 Å². The summed E-state index contributed by atoms with van der Waals surface area (Å²) in [5.41, 5.74) is 0.874. The van der Waals surface area contributed by atoms with Crippen LogP contribution in [0.5, 0.6) is 0 Å². The molecule has 0 radical (unpaired) electrons. The molecule has 1 aromatic rings. The molecule has 1 N–H and O–H groups in total. The maximum Gasteiger partial charge on any atom is 0.124 e. The first-order valence-electron chi connectivity index (χ1n) is 6.50. The Balaban J connectivity index is 1.68. The average molecular weight is 316 g/mol. The standard InChI is InChI=1S/C14H19BrFNO/c15-12-7-11(8-13(16)9-12)10-18-6-4-14-3-1-2-5-17-14/h7-9,14,17H,1-6,10H2. The van der Waals surface area contributed by atoms with Crippen LogP contribution in [0.15, 0.2) is 22.7 Å². The molecular formula is C14H19BrFNO. The maximum absolute atomic E-state index is 13.1. The minimum Gasteiger partial charge on any atom is -0.377 e. The Hall–Kier alpha value is -0.450. The number of ether oxygens (including phenoxy) is 1. The summed E-state index contributed by atoms with van der Waals surface area (Å²) in [5, 5.41) is 3.49. The van der Waals surface area contributed by atoms with Crippen LogP contribution in [0.3, 0.4) is 0 Å². The first-order valence-corrected chi connectivity index (χ1v) is 7.29. The molecule has 4 heteroatoms. The number of nitrogens with one attached hydrogen (secondary N) is 1. The zero-order valence-electron chi connectivity index (χ0n) is 10.4. The van der Waals surface area contributed by atoms with Crippen molar-refractivity contribution in [2.45, 2.75) is 38.3 Å². The third kappa shape index (κ3) is 4.67. The second kappa shape index (κ2) is 7.22. The molecule has 0 bridgehead atoms. The molecule has 0 amide bonds. The van der Waals surface area contributed by atoms with Crippen molar-refractivity contribution in [1.82, 2.24) is 5.32 Å². The van der Waals surface area contributed by atoms with E-state index in [1.807, 2.05) is 6.07 Å². The molecule has 0 aliphatic carbocycles. The van der Waals surface area contributed by atoms with E-state index in [9.17, 15) is 4.39 Å². The number of rotatable bonds is 5. The minimum atomic E-state index is -0.225. The summed E-state index contributed by atoms with van der Waals surface area (Å²) < 4.78 is 19.5. The van der Waals surface area contributed by atoms with Crippen molar-refractivity contribution >= 4 is 15.9 Å². The molecule has 1 fully saturated rings. The van der Waals surface area contributed by atoms with Gasteiger partial charge in [-0.15, -0.1) is 0 Å². The topological polar surface area (TPSA) is 21.3 Å². The Morgan fingerprint density at radius 1 is 1.33 bits per heavy atom. The molecule has 18 heavy (non-hydrogen) atoms. The number of benzene rings is 1. The minimum absolute atomic E-state index is 0.225. The van der Waals surface area contributed by atoms with Gasteiger partial charge in [-0.2, -0.15) is 0 Å². The molecule has 1 heterocycles. The van der Waals surface area contributed by atoms with Crippen LogP contribution in [0, 0.1) is 5.82 Å². The number of halogens is 2. The molecule has 1 unspecified atom stereocenters. The molecule has 2 rings (SSSR count). The van der Waals surface area contributed by atoms with Crippen LogP contribution in [0.25, 0.3) is 0 Å². The average Bonchev–Trinajstić information content (AvgIpc) is 2.35. The Morgan fingerprint density at radius 2 is 2.22 bits per heavy atom. The summed E-state index contributed by atoms with van der Waals surface area (Å²) in [6, 6.07) is 5.46. The first-order chi connectivity index (χ1) is 8.74. The molecule has 0 spiro atoms. The highest BCUT2D eigenvalue weighted by Gasteiger charge is 2.11. The van der Waals surface area contributed by atoms with Crippen molar-refractivity contribution < 1.29 is 9.13 Å². The zero-order valence-corrected chi connectivity index (χ0v) is 12.0. The van der Waals surface area contributed by atoms with Gasteiger partial charge in [0.05, 0.1) is 6.61 Å². The van der Waals surface area contributed by atoms with Crippen LogP contribution in [0.4, 0.5) is 4.39 Å². The number of hydrogen-bond acceptors (Lipinski definition) is 2. The second-order valence-corrected chi connectivity index (χ2v) is 5.68. The van der Waals surface area contributed by atoms with Gasteiger partial charge in [0, 0.05) is 17.1 Å². The largest absolute Gasteiger partial charge is 0.377 e. The summed E-state index contributed by atoms with van der Waals surface area (Å²) in [7, 11) is 0. The van der Waals surface area contributed by atoms with Crippen molar-refractivity contribution in [3.8, 4) is 0 Å². The molecule has 0 aromatic heterocycles. The van der Waals surface area contributed by atoms with E-state index < -0.39 is 0 Å². The Kier molecular flexibility index (Phi) is 5.60. The Bertz CT molecular complexity index is 360. The van der Waals surface area contributed by atoms with E-state index in [1.54, 1.807) is 0 Å². The van der Waals surface area contributed by atoms with Gasteiger partial charge in [-0.25, -0.2) is 4.39 Å². The summed E-state index contributed by atoms with van der Waals surface area (Å²) in [4.78, 5) is 0. The van der Waals surface area contributed by atoms with Crippen molar-refractivity contribution in [3.63, 3.8) is 0 Å². The lowest BCUT2D eigenvalue weighted by atomic mass is 10.0. The van der Waals surface area contributed by atoms with Gasteiger partial charge in [-0.3, -0.25) is 0 Å². The predicted molar refractivity (Wildman–Crippen MR) is 74.0 cm³/mol. The molecular weight excluding hydrogens is 297 g/mol. The van der Waals surface area contributed by atoms with Crippen molar-refractivity contribution in [3.05, 3.63) is 34.1 Å². The fourth-order valence-electron chi connectivity index (χ4n) is 2.28. The number of hydrogen-bond donors (Lipinski definition) is 1. The lowest BCUT2D eigenvalue weighted by Crippen LogP contribution is -2.34. The third-order valence-electron chi connectivity index (χ3n) is 3.21. The van der Waals surface area contributed by atoms with E-state index in [2.05, 4.69) is 21.2 Å². The van der Waals surface area contributed by atoms with Gasteiger partial charge >= 0.3 is 0 Å². The van der Waals surface area contributed by atoms with Gasteiger partial charge in [-0.05, 0) is 49.6 Å². The molecule has 2 nitrogen and oxygen atoms in total. The van der Waals surface area contributed by atoms with Gasteiger partial charge in [-0.1, -0.05) is 22.4 Å². The van der Waals surface area contributed by atoms with Gasteiger partial charge in [0.15, 0.2) is 0 Å². The van der Waals surface area contributed by atoms with Crippen molar-refractivity contribution in [2.75, 3.05) is 13.2 Å². The smallest absolute Gasteiger partial charge is 0.124 e. The van der Waals surface area contributed by atoms with Gasteiger partial charge in [0.1, 0.15) is 5.82 Å². The summed E-state index contributed by atoms with van der Waals surface area (Å²) in [5.74, 6) is -0.225. The predicted octanol–water partition coefficient (Wildman–Crippen LogP) is 3.64. The van der Waals surface area contributed by atoms with E-state index >= 15 is 0 Å². The van der Waals surface area contributed by atoms with Crippen LogP contribution in [-0.4, -0.2) is 19.2 Å². The highest BCUT2D eigenvalue weighted by atomic mass is 79.9. The molecule has 100 valence electrons. The molecule has 1 aliphatic rings. The molecule has 1 saturated heterocycles. The van der Waals surface area contributed by atoms with E-state index in [0.717, 1.165) is 29.6 Å². The van der Waals surface area contributed by atoms with Crippen molar-refractivity contribution in [1.29, 1.82) is 0 Å². The second-order valence-electron chi connectivity index (χ2n) is 4.77. The normalized spacial score (nSPS) is 20.0. The van der Waals surface area contributed by atoms with E-state index in [-0.39, 0.29) is 5.82 Å². The fraction of sp³-hybridized carbons (Fsp3) is 0.571. The third-order valence-corrected chi connectivity index (χ3v) is 3.67. The lowest BCUT2D eigenvalue weighted by Gasteiger charge is -2.23. The molecule has 1 atom stereocenters. The first kappa shape index (κ1) is 14.0. The van der Waals surface area contributed by atoms with Gasteiger partial charge in [0.25, 0.3) is 0 Å². The molecule has 1 aliphatic heterocycles. The lowest BCUT2D eigenvalue weighted by molar-refractivity contribution is 0.108. The van der Waals surface area contributed by atoms with E-state index in [0.29, 0.717) is 12.6 Å². The van der Waals surface area contributed by atoms with Gasteiger partial charge < -0.3 is 10.1 Å².